The second-order valence-corrected chi connectivity index (χ2v) is 6.26. The number of aryl methyl sites for hydroxylation is 2. The highest BCUT2D eigenvalue weighted by Crippen LogP contribution is 2.29. The van der Waals surface area contributed by atoms with Crippen LogP contribution in [0.4, 0.5) is 17.5 Å². The largest absolute Gasteiger partial charge is 0.356 e. The molecule has 0 unspecified atom stereocenters. The molecule has 116 valence electrons. The van der Waals surface area contributed by atoms with Gasteiger partial charge in [0.25, 0.3) is 0 Å². The first kappa shape index (κ1) is 15.1. The molecule has 0 spiro atoms. The summed E-state index contributed by atoms with van der Waals surface area (Å²) >= 11 is 6.34. The van der Waals surface area contributed by atoms with Crippen LogP contribution in [-0.2, 0) is 0 Å². The summed E-state index contributed by atoms with van der Waals surface area (Å²) < 4.78 is 0. The molecular formula is C17H21ClN4. The van der Waals surface area contributed by atoms with Crippen LogP contribution in [-0.4, -0.2) is 23.1 Å². The molecule has 0 bridgehead atoms. The van der Waals surface area contributed by atoms with Crippen molar-refractivity contribution in [2.75, 3.05) is 23.3 Å². The lowest BCUT2D eigenvalue weighted by molar-refractivity contribution is 0.573. The maximum Gasteiger partial charge on any atom is 0.229 e. The Bertz CT molecular complexity index is 642. The Labute approximate surface area is 136 Å². The standard InChI is InChI=1S/C17H21ClN4/c1-12-10-13(2)16(14(18)11-12)21-17-19-7-6-15(20-17)22-8-4-3-5-9-22/h6-7,10-11H,3-5,8-9H2,1-2H3,(H,19,20,21). The Morgan fingerprint density at radius 1 is 1.14 bits per heavy atom. The third-order valence-corrected chi connectivity index (χ3v) is 4.29. The van der Waals surface area contributed by atoms with E-state index in [1.165, 1.54) is 19.3 Å². The number of benzene rings is 1. The Morgan fingerprint density at radius 3 is 2.64 bits per heavy atom. The minimum Gasteiger partial charge on any atom is -0.356 e. The van der Waals surface area contributed by atoms with Gasteiger partial charge in [-0.2, -0.15) is 4.98 Å². The summed E-state index contributed by atoms with van der Waals surface area (Å²) in [6.45, 7) is 6.22. The van der Waals surface area contributed by atoms with Crippen molar-refractivity contribution >= 4 is 29.1 Å². The van der Waals surface area contributed by atoms with Gasteiger partial charge in [-0.1, -0.05) is 17.7 Å². The predicted octanol–water partition coefficient (Wildman–Crippen LogP) is 4.48. The van der Waals surface area contributed by atoms with Crippen molar-refractivity contribution in [3.05, 3.63) is 40.5 Å². The summed E-state index contributed by atoms with van der Waals surface area (Å²) in [6, 6.07) is 6.02. The van der Waals surface area contributed by atoms with Gasteiger partial charge in [-0.3, -0.25) is 0 Å². The van der Waals surface area contributed by atoms with Gasteiger partial charge in [-0.15, -0.1) is 0 Å². The van der Waals surface area contributed by atoms with Crippen LogP contribution in [0.2, 0.25) is 5.02 Å². The van der Waals surface area contributed by atoms with Gasteiger partial charge in [0, 0.05) is 19.3 Å². The number of anilines is 3. The highest BCUT2D eigenvalue weighted by molar-refractivity contribution is 6.33. The molecule has 1 aromatic heterocycles. The number of hydrogen-bond acceptors (Lipinski definition) is 4. The van der Waals surface area contributed by atoms with Crippen molar-refractivity contribution < 1.29 is 0 Å². The molecule has 22 heavy (non-hydrogen) atoms. The smallest absolute Gasteiger partial charge is 0.229 e. The first-order valence-corrected chi connectivity index (χ1v) is 8.13. The van der Waals surface area contributed by atoms with E-state index in [9.17, 15) is 0 Å². The minimum absolute atomic E-state index is 0.594. The Balaban J connectivity index is 1.84. The van der Waals surface area contributed by atoms with Gasteiger partial charge in [0.2, 0.25) is 5.95 Å². The molecule has 1 fully saturated rings. The van der Waals surface area contributed by atoms with Crippen molar-refractivity contribution in [3.63, 3.8) is 0 Å². The summed E-state index contributed by atoms with van der Waals surface area (Å²) in [6.07, 6.45) is 5.58. The van der Waals surface area contributed by atoms with Gasteiger partial charge in [0.15, 0.2) is 0 Å². The molecule has 5 heteroatoms. The van der Waals surface area contributed by atoms with E-state index in [1.807, 2.05) is 26.0 Å². The summed E-state index contributed by atoms with van der Waals surface area (Å²) in [4.78, 5) is 11.3. The maximum absolute atomic E-state index is 6.34. The van der Waals surface area contributed by atoms with E-state index in [2.05, 4.69) is 26.3 Å². The predicted molar refractivity (Wildman–Crippen MR) is 92.3 cm³/mol. The molecule has 0 amide bonds. The van der Waals surface area contributed by atoms with Gasteiger partial charge >= 0.3 is 0 Å². The summed E-state index contributed by atoms with van der Waals surface area (Å²) in [5, 5.41) is 3.96. The van der Waals surface area contributed by atoms with Crippen molar-refractivity contribution in [1.29, 1.82) is 0 Å². The average Bonchev–Trinajstić information content (AvgIpc) is 2.52. The number of nitrogens with zero attached hydrogens (tertiary/aromatic N) is 3. The van der Waals surface area contributed by atoms with Gasteiger partial charge in [0.05, 0.1) is 10.7 Å². The van der Waals surface area contributed by atoms with Crippen LogP contribution in [0.15, 0.2) is 24.4 Å². The maximum atomic E-state index is 6.34. The highest BCUT2D eigenvalue weighted by atomic mass is 35.5. The SMILES string of the molecule is Cc1cc(C)c(Nc2nccc(N3CCCCC3)n2)c(Cl)c1. The van der Waals surface area contributed by atoms with Crippen LogP contribution >= 0.6 is 11.6 Å². The number of halogens is 1. The van der Waals surface area contributed by atoms with Crippen molar-refractivity contribution in [2.45, 2.75) is 33.1 Å². The number of aromatic nitrogens is 2. The minimum atomic E-state index is 0.594. The fourth-order valence-corrected chi connectivity index (χ4v) is 3.26. The van der Waals surface area contributed by atoms with E-state index >= 15 is 0 Å². The van der Waals surface area contributed by atoms with Crippen LogP contribution < -0.4 is 10.2 Å². The van der Waals surface area contributed by atoms with E-state index < -0.39 is 0 Å². The summed E-state index contributed by atoms with van der Waals surface area (Å²) in [5.74, 6) is 1.58. The number of nitrogens with one attached hydrogen (secondary N) is 1. The lowest BCUT2D eigenvalue weighted by Gasteiger charge is -2.27. The molecule has 4 nitrogen and oxygen atoms in total. The molecule has 1 aromatic carbocycles. The molecule has 1 aliphatic rings. The first-order valence-electron chi connectivity index (χ1n) is 7.75. The molecule has 0 radical (unpaired) electrons. The summed E-state index contributed by atoms with van der Waals surface area (Å²) in [5.41, 5.74) is 3.12. The molecule has 2 heterocycles. The Kier molecular flexibility index (Phi) is 4.48. The van der Waals surface area contributed by atoms with Crippen LogP contribution in [0.5, 0.6) is 0 Å². The van der Waals surface area contributed by atoms with Crippen LogP contribution in [0.1, 0.15) is 30.4 Å². The molecule has 1 N–H and O–H groups in total. The molecule has 0 saturated carbocycles. The molecule has 1 aliphatic heterocycles. The first-order chi connectivity index (χ1) is 10.6. The van der Waals surface area contributed by atoms with E-state index in [4.69, 9.17) is 11.6 Å². The zero-order valence-electron chi connectivity index (χ0n) is 13.1. The molecule has 0 atom stereocenters. The van der Waals surface area contributed by atoms with Gasteiger partial charge < -0.3 is 10.2 Å². The fourth-order valence-electron chi connectivity index (χ4n) is 2.89. The second-order valence-electron chi connectivity index (χ2n) is 5.85. The Morgan fingerprint density at radius 2 is 1.91 bits per heavy atom. The lowest BCUT2D eigenvalue weighted by atomic mass is 10.1. The number of rotatable bonds is 3. The third-order valence-electron chi connectivity index (χ3n) is 3.99. The molecule has 1 saturated heterocycles. The van der Waals surface area contributed by atoms with E-state index in [0.717, 1.165) is 35.7 Å². The van der Waals surface area contributed by atoms with Crippen molar-refractivity contribution in [2.24, 2.45) is 0 Å². The lowest BCUT2D eigenvalue weighted by Crippen LogP contribution is -2.30. The van der Waals surface area contributed by atoms with Crippen LogP contribution in [0.25, 0.3) is 0 Å². The Hall–Kier alpha value is -1.81. The zero-order valence-corrected chi connectivity index (χ0v) is 13.8. The van der Waals surface area contributed by atoms with Gasteiger partial charge in [-0.25, -0.2) is 4.98 Å². The molecule has 0 aliphatic carbocycles. The molecular weight excluding hydrogens is 296 g/mol. The summed E-state index contributed by atoms with van der Waals surface area (Å²) in [7, 11) is 0. The topological polar surface area (TPSA) is 41.1 Å². The fraction of sp³-hybridized carbons (Fsp3) is 0.412. The molecule has 2 aromatic rings. The van der Waals surface area contributed by atoms with E-state index in [0.29, 0.717) is 11.0 Å². The van der Waals surface area contributed by atoms with Crippen LogP contribution in [0, 0.1) is 13.8 Å². The number of piperidine rings is 1. The monoisotopic (exact) mass is 316 g/mol. The molecule has 3 rings (SSSR count). The zero-order chi connectivity index (χ0) is 15.5. The second kappa shape index (κ2) is 6.53. The van der Waals surface area contributed by atoms with Crippen molar-refractivity contribution in [3.8, 4) is 0 Å². The number of hydrogen-bond donors (Lipinski definition) is 1. The van der Waals surface area contributed by atoms with Crippen LogP contribution in [0.3, 0.4) is 0 Å². The average molecular weight is 317 g/mol. The van der Waals surface area contributed by atoms with Gasteiger partial charge in [-0.05, 0) is 56.4 Å². The van der Waals surface area contributed by atoms with Gasteiger partial charge in [0.1, 0.15) is 5.82 Å². The quantitative estimate of drug-likeness (QED) is 0.906. The van der Waals surface area contributed by atoms with E-state index in [-0.39, 0.29) is 0 Å². The van der Waals surface area contributed by atoms with Crippen molar-refractivity contribution in [1.82, 2.24) is 9.97 Å². The van der Waals surface area contributed by atoms with E-state index in [1.54, 1.807) is 6.20 Å². The highest BCUT2D eigenvalue weighted by Gasteiger charge is 2.13. The third kappa shape index (κ3) is 3.33. The normalized spacial score (nSPS) is 15.0.